The standard InChI is InChI=1S/C9H18N4/c1-8(2)4-6-13-9(3-5-10)7-11-12-13/h7-8H,3-6,10H2,1-2H3. The highest BCUT2D eigenvalue weighted by atomic mass is 15.4. The Morgan fingerprint density at radius 3 is 2.92 bits per heavy atom. The van der Waals surface area contributed by atoms with Crippen molar-refractivity contribution < 1.29 is 0 Å². The predicted octanol–water partition coefficient (Wildman–Crippen LogP) is 0.825. The van der Waals surface area contributed by atoms with Gasteiger partial charge < -0.3 is 5.73 Å². The van der Waals surface area contributed by atoms with E-state index in [4.69, 9.17) is 5.73 Å². The molecule has 13 heavy (non-hydrogen) atoms. The largest absolute Gasteiger partial charge is 0.330 e. The van der Waals surface area contributed by atoms with E-state index in [0.29, 0.717) is 12.5 Å². The summed E-state index contributed by atoms with van der Waals surface area (Å²) in [6.45, 7) is 6.03. The zero-order valence-electron chi connectivity index (χ0n) is 8.40. The molecule has 1 aromatic rings. The van der Waals surface area contributed by atoms with Crippen LogP contribution in [0, 0.1) is 5.92 Å². The summed E-state index contributed by atoms with van der Waals surface area (Å²) in [4.78, 5) is 0. The predicted molar refractivity (Wildman–Crippen MR) is 52.2 cm³/mol. The van der Waals surface area contributed by atoms with Crippen LogP contribution in [0.4, 0.5) is 0 Å². The van der Waals surface area contributed by atoms with Crippen LogP contribution in [0.5, 0.6) is 0 Å². The number of nitrogens with zero attached hydrogens (tertiary/aromatic N) is 3. The normalized spacial score (nSPS) is 11.1. The van der Waals surface area contributed by atoms with Crippen molar-refractivity contribution in [1.82, 2.24) is 15.0 Å². The summed E-state index contributed by atoms with van der Waals surface area (Å²) in [5.41, 5.74) is 6.62. The van der Waals surface area contributed by atoms with Crippen molar-refractivity contribution in [2.24, 2.45) is 11.7 Å². The minimum Gasteiger partial charge on any atom is -0.330 e. The molecule has 1 rings (SSSR count). The van der Waals surface area contributed by atoms with Gasteiger partial charge in [-0.3, -0.25) is 0 Å². The monoisotopic (exact) mass is 182 g/mol. The molecule has 2 N–H and O–H groups in total. The molecular weight excluding hydrogens is 164 g/mol. The molecule has 0 unspecified atom stereocenters. The quantitative estimate of drug-likeness (QED) is 0.733. The molecule has 0 aliphatic heterocycles. The fourth-order valence-electron chi connectivity index (χ4n) is 1.19. The molecule has 0 saturated heterocycles. The molecule has 4 heteroatoms. The topological polar surface area (TPSA) is 56.7 Å². The van der Waals surface area contributed by atoms with Gasteiger partial charge in [0.25, 0.3) is 0 Å². The van der Waals surface area contributed by atoms with Crippen LogP contribution in [0.2, 0.25) is 0 Å². The highest BCUT2D eigenvalue weighted by molar-refractivity contribution is 4.94. The Kier molecular flexibility index (Phi) is 3.89. The molecular formula is C9H18N4. The van der Waals surface area contributed by atoms with E-state index in [9.17, 15) is 0 Å². The third-order valence-electron chi connectivity index (χ3n) is 2.02. The van der Waals surface area contributed by atoms with Crippen LogP contribution in [0.3, 0.4) is 0 Å². The molecule has 0 atom stereocenters. The average molecular weight is 182 g/mol. The molecule has 1 aromatic heterocycles. The van der Waals surface area contributed by atoms with Crippen LogP contribution < -0.4 is 5.73 Å². The van der Waals surface area contributed by atoms with Crippen LogP contribution in [-0.2, 0) is 13.0 Å². The number of rotatable bonds is 5. The zero-order chi connectivity index (χ0) is 9.68. The van der Waals surface area contributed by atoms with E-state index in [2.05, 4.69) is 24.2 Å². The van der Waals surface area contributed by atoms with Crippen molar-refractivity contribution in [2.45, 2.75) is 33.2 Å². The lowest BCUT2D eigenvalue weighted by Crippen LogP contribution is -2.11. The van der Waals surface area contributed by atoms with Crippen molar-refractivity contribution in [3.05, 3.63) is 11.9 Å². The van der Waals surface area contributed by atoms with Gasteiger partial charge in [0.2, 0.25) is 0 Å². The summed E-state index contributed by atoms with van der Waals surface area (Å²) in [5.74, 6) is 0.704. The Labute approximate surface area is 79.1 Å². The van der Waals surface area contributed by atoms with Gasteiger partial charge in [0, 0.05) is 13.0 Å². The molecule has 0 spiro atoms. The van der Waals surface area contributed by atoms with Gasteiger partial charge in [0.15, 0.2) is 0 Å². The van der Waals surface area contributed by atoms with Crippen molar-refractivity contribution in [3.8, 4) is 0 Å². The fraction of sp³-hybridized carbons (Fsp3) is 0.778. The van der Waals surface area contributed by atoms with E-state index < -0.39 is 0 Å². The first-order chi connectivity index (χ1) is 6.24. The van der Waals surface area contributed by atoms with Crippen LogP contribution >= 0.6 is 0 Å². The minimum absolute atomic E-state index is 0.662. The zero-order valence-corrected chi connectivity index (χ0v) is 8.40. The number of aryl methyl sites for hydroxylation is 1. The van der Waals surface area contributed by atoms with E-state index in [1.807, 2.05) is 4.68 Å². The third-order valence-corrected chi connectivity index (χ3v) is 2.02. The highest BCUT2D eigenvalue weighted by Crippen LogP contribution is 2.04. The van der Waals surface area contributed by atoms with Crippen LogP contribution in [0.15, 0.2) is 6.20 Å². The second-order valence-electron chi connectivity index (χ2n) is 3.67. The summed E-state index contributed by atoms with van der Waals surface area (Å²) in [5, 5.41) is 7.89. The number of nitrogens with two attached hydrogens (primary N) is 1. The lowest BCUT2D eigenvalue weighted by Gasteiger charge is -2.06. The second kappa shape index (κ2) is 4.97. The van der Waals surface area contributed by atoms with E-state index in [1.54, 1.807) is 6.20 Å². The Bertz CT molecular complexity index is 242. The van der Waals surface area contributed by atoms with E-state index >= 15 is 0 Å². The molecule has 4 nitrogen and oxygen atoms in total. The molecule has 0 saturated carbocycles. The van der Waals surface area contributed by atoms with Gasteiger partial charge in [-0.1, -0.05) is 19.1 Å². The molecule has 0 radical (unpaired) electrons. The molecule has 0 fully saturated rings. The van der Waals surface area contributed by atoms with Crippen LogP contribution in [0.25, 0.3) is 0 Å². The van der Waals surface area contributed by atoms with Crippen molar-refractivity contribution in [3.63, 3.8) is 0 Å². The Balaban J connectivity index is 2.49. The van der Waals surface area contributed by atoms with E-state index in [0.717, 1.165) is 25.1 Å². The van der Waals surface area contributed by atoms with Gasteiger partial charge in [0.1, 0.15) is 0 Å². The van der Waals surface area contributed by atoms with Gasteiger partial charge >= 0.3 is 0 Å². The summed E-state index contributed by atoms with van der Waals surface area (Å²) >= 11 is 0. The van der Waals surface area contributed by atoms with Gasteiger partial charge in [-0.15, -0.1) is 5.10 Å². The molecule has 1 heterocycles. The van der Waals surface area contributed by atoms with Gasteiger partial charge in [0.05, 0.1) is 11.9 Å². The summed E-state index contributed by atoms with van der Waals surface area (Å²) in [6.07, 6.45) is 3.80. The maximum atomic E-state index is 5.48. The van der Waals surface area contributed by atoms with Gasteiger partial charge in [-0.05, 0) is 18.9 Å². The Morgan fingerprint density at radius 1 is 1.54 bits per heavy atom. The number of hydrogen-bond acceptors (Lipinski definition) is 3. The smallest absolute Gasteiger partial charge is 0.0725 e. The number of hydrogen-bond donors (Lipinski definition) is 1. The Hall–Kier alpha value is -0.900. The van der Waals surface area contributed by atoms with E-state index in [-0.39, 0.29) is 0 Å². The molecule has 0 amide bonds. The Morgan fingerprint density at radius 2 is 2.31 bits per heavy atom. The summed E-state index contributed by atoms with van der Waals surface area (Å²) < 4.78 is 1.95. The first-order valence-electron chi connectivity index (χ1n) is 4.81. The van der Waals surface area contributed by atoms with Crippen LogP contribution in [-0.4, -0.2) is 21.5 Å². The summed E-state index contributed by atoms with van der Waals surface area (Å²) in [6, 6.07) is 0. The van der Waals surface area contributed by atoms with Gasteiger partial charge in [-0.25, -0.2) is 4.68 Å². The minimum atomic E-state index is 0.662. The average Bonchev–Trinajstić information content (AvgIpc) is 2.49. The third kappa shape index (κ3) is 3.14. The fourth-order valence-corrected chi connectivity index (χ4v) is 1.19. The van der Waals surface area contributed by atoms with E-state index in [1.165, 1.54) is 0 Å². The first kappa shape index (κ1) is 10.2. The maximum Gasteiger partial charge on any atom is 0.0725 e. The molecule has 0 bridgehead atoms. The van der Waals surface area contributed by atoms with Crippen molar-refractivity contribution >= 4 is 0 Å². The first-order valence-corrected chi connectivity index (χ1v) is 4.81. The van der Waals surface area contributed by atoms with Crippen molar-refractivity contribution in [2.75, 3.05) is 6.54 Å². The van der Waals surface area contributed by atoms with Crippen molar-refractivity contribution in [1.29, 1.82) is 0 Å². The SMILES string of the molecule is CC(C)CCn1nncc1CCN. The molecule has 74 valence electrons. The highest BCUT2D eigenvalue weighted by Gasteiger charge is 2.03. The lowest BCUT2D eigenvalue weighted by atomic mass is 10.1. The number of aromatic nitrogens is 3. The molecule has 0 aromatic carbocycles. The van der Waals surface area contributed by atoms with Crippen LogP contribution in [0.1, 0.15) is 26.0 Å². The second-order valence-corrected chi connectivity index (χ2v) is 3.67. The van der Waals surface area contributed by atoms with Gasteiger partial charge in [-0.2, -0.15) is 0 Å². The molecule has 0 aliphatic rings. The lowest BCUT2D eigenvalue weighted by molar-refractivity contribution is 0.467. The maximum absolute atomic E-state index is 5.48. The molecule has 0 aliphatic carbocycles. The summed E-state index contributed by atoms with van der Waals surface area (Å²) in [7, 11) is 0.